The van der Waals surface area contributed by atoms with Crippen LogP contribution in [0.1, 0.15) is 5.69 Å². The van der Waals surface area contributed by atoms with Crippen LogP contribution >= 0.6 is 0 Å². The number of aryl methyl sites for hydroxylation is 1. The van der Waals surface area contributed by atoms with E-state index in [-0.39, 0.29) is 11.4 Å². The zero-order chi connectivity index (χ0) is 18.0. The van der Waals surface area contributed by atoms with Crippen LogP contribution in [0.5, 0.6) is 0 Å². The lowest BCUT2D eigenvalue weighted by Gasteiger charge is -2.05. The molecule has 3 aromatic rings. The van der Waals surface area contributed by atoms with Gasteiger partial charge < -0.3 is 0 Å². The summed E-state index contributed by atoms with van der Waals surface area (Å²) in [6, 6.07) is 9.54. The summed E-state index contributed by atoms with van der Waals surface area (Å²) in [6.45, 7) is -0.0952. The van der Waals surface area contributed by atoms with Crippen LogP contribution in [-0.4, -0.2) is 23.2 Å². The molecule has 0 saturated heterocycles. The lowest BCUT2D eigenvalue weighted by molar-refractivity contribution is 0.504. The Morgan fingerprint density at radius 2 is 1.92 bits per heavy atom. The second-order valence-corrected chi connectivity index (χ2v) is 7.03. The molecule has 25 heavy (non-hydrogen) atoms. The van der Waals surface area contributed by atoms with Crippen LogP contribution in [0.25, 0.3) is 11.4 Å². The maximum absolute atomic E-state index is 13.2. The molecule has 0 aliphatic rings. The van der Waals surface area contributed by atoms with Gasteiger partial charge in [-0.05, 0) is 36.4 Å². The molecule has 130 valence electrons. The molecule has 0 spiro atoms. The summed E-state index contributed by atoms with van der Waals surface area (Å²) in [5.74, 6) is -2.33. The zero-order valence-corrected chi connectivity index (χ0v) is 14.0. The van der Waals surface area contributed by atoms with Crippen molar-refractivity contribution >= 4 is 10.0 Å². The number of benzene rings is 1. The third-order valence-electron chi connectivity index (χ3n) is 3.50. The fraction of sp³-hybridized carbons (Fsp3) is 0.125. The number of aromatic nitrogens is 3. The molecule has 2 heterocycles. The number of nitrogens with zero attached hydrogens (tertiary/aromatic N) is 3. The van der Waals surface area contributed by atoms with Gasteiger partial charge in [0.05, 0.1) is 28.5 Å². The predicted molar refractivity (Wildman–Crippen MR) is 86.8 cm³/mol. The summed E-state index contributed by atoms with van der Waals surface area (Å²) in [6.07, 6.45) is 1.65. The van der Waals surface area contributed by atoms with Crippen molar-refractivity contribution < 1.29 is 17.2 Å². The van der Waals surface area contributed by atoms with Gasteiger partial charge in [-0.3, -0.25) is 9.67 Å². The molecule has 0 radical (unpaired) electrons. The molecular weight excluding hydrogens is 350 g/mol. The van der Waals surface area contributed by atoms with Gasteiger partial charge >= 0.3 is 0 Å². The van der Waals surface area contributed by atoms with E-state index in [4.69, 9.17) is 0 Å². The highest BCUT2D eigenvalue weighted by atomic mass is 32.2. The number of hydrogen-bond donors (Lipinski definition) is 1. The quantitative estimate of drug-likeness (QED) is 0.753. The smallest absolute Gasteiger partial charge is 0.241 e. The van der Waals surface area contributed by atoms with Crippen molar-refractivity contribution in [1.29, 1.82) is 0 Å². The minimum Gasteiger partial charge on any atom is -0.266 e. The SMILES string of the molecule is Cn1nc(CNS(=O)(=O)c2ccc(F)c(F)c2)cc1-c1ccccn1. The Hall–Kier alpha value is -2.65. The summed E-state index contributed by atoms with van der Waals surface area (Å²) in [5.41, 5.74) is 1.89. The van der Waals surface area contributed by atoms with Gasteiger partial charge in [0.25, 0.3) is 0 Å². The molecule has 1 aromatic carbocycles. The molecule has 0 unspecified atom stereocenters. The van der Waals surface area contributed by atoms with Crippen molar-refractivity contribution in [2.24, 2.45) is 7.05 Å². The third kappa shape index (κ3) is 3.72. The van der Waals surface area contributed by atoms with Crippen molar-refractivity contribution in [2.75, 3.05) is 0 Å². The standard InChI is InChI=1S/C16H14F2N4O2S/c1-22-16(15-4-2-3-7-19-15)8-11(21-22)10-20-25(23,24)12-5-6-13(17)14(18)9-12/h2-9,20H,10H2,1H3. The molecule has 0 atom stereocenters. The van der Waals surface area contributed by atoms with Crippen LogP contribution in [0.3, 0.4) is 0 Å². The maximum Gasteiger partial charge on any atom is 0.241 e. The first-order valence-corrected chi connectivity index (χ1v) is 8.74. The summed E-state index contributed by atoms with van der Waals surface area (Å²) >= 11 is 0. The van der Waals surface area contributed by atoms with Gasteiger partial charge in [-0.15, -0.1) is 0 Å². The van der Waals surface area contributed by atoms with E-state index in [9.17, 15) is 17.2 Å². The highest BCUT2D eigenvalue weighted by Crippen LogP contribution is 2.18. The number of halogens is 2. The molecule has 9 heteroatoms. The molecular formula is C16H14F2N4O2S. The largest absolute Gasteiger partial charge is 0.266 e. The van der Waals surface area contributed by atoms with Crippen LogP contribution in [0.2, 0.25) is 0 Å². The normalized spacial score (nSPS) is 11.6. The van der Waals surface area contributed by atoms with Gasteiger partial charge in [-0.25, -0.2) is 21.9 Å². The van der Waals surface area contributed by atoms with Crippen LogP contribution in [-0.2, 0) is 23.6 Å². The number of nitrogens with one attached hydrogen (secondary N) is 1. The Morgan fingerprint density at radius 3 is 2.60 bits per heavy atom. The first kappa shape index (κ1) is 17.2. The van der Waals surface area contributed by atoms with Crippen molar-refractivity contribution in [1.82, 2.24) is 19.5 Å². The molecule has 2 aromatic heterocycles. The summed E-state index contributed by atoms with van der Waals surface area (Å²) in [7, 11) is -2.27. The third-order valence-corrected chi connectivity index (χ3v) is 4.90. The summed E-state index contributed by atoms with van der Waals surface area (Å²) < 4.78 is 54.4. The van der Waals surface area contributed by atoms with Crippen molar-refractivity contribution in [2.45, 2.75) is 11.4 Å². The molecule has 1 N–H and O–H groups in total. The fourth-order valence-corrected chi connectivity index (χ4v) is 3.27. The Morgan fingerprint density at radius 1 is 1.12 bits per heavy atom. The lowest BCUT2D eigenvalue weighted by Crippen LogP contribution is -2.23. The second kappa shape index (κ2) is 6.69. The minimum absolute atomic E-state index is 0.0952. The highest BCUT2D eigenvalue weighted by Gasteiger charge is 2.17. The van der Waals surface area contributed by atoms with Gasteiger partial charge in [0.15, 0.2) is 11.6 Å². The van der Waals surface area contributed by atoms with Crippen molar-refractivity contribution in [3.8, 4) is 11.4 Å². The molecule has 0 saturated carbocycles. The summed E-state index contributed by atoms with van der Waals surface area (Å²) in [5, 5.41) is 4.23. The van der Waals surface area contributed by atoms with Crippen LogP contribution in [0.4, 0.5) is 8.78 Å². The first-order valence-electron chi connectivity index (χ1n) is 7.26. The van der Waals surface area contributed by atoms with Gasteiger partial charge in [0.1, 0.15) is 0 Å². The van der Waals surface area contributed by atoms with E-state index in [0.717, 1.165) is 17.8 Å². The van der Waals surface area contributed by atoms with Gasteiger partial charge in [-0.2, -0.15) is 5.10 Å². The number of hydrogen-bond acceptors (Lipinski definition) is 4. The van der Waals surface area contributed by atoms with E-state index in [1.54, 1.807) is 30.1 Å². The van der Waals surface area contributed by atoms with E-state index in [0.29, 0.717) is 17.5 Å². The van der Waals surface area contributed by atoms with Crippen LogP contribution in [0.15, 0.2) is 53.6 Å². The van der Waals surface area contributed by atoms with Crippen molar-refractivity contribution in [3.05, 3.63) is 66.0 Å². The molecule has 0 aliphatic carbocycles. The van der Waals surface area contributed by atoms with Crippen LogP contribution in [0, 0.1) is 11.6 Å². The molecule has 0 aliphatic heterocycles. The monoisotopic (exact) mass is 364 g/mol. The topological polar surface area (TPSA) is 76.9 Å². The Kier molecular flexibility index (Phi) is 4.60. The Balaban J connectivity index is 1.78. The first-order chi connectivity index (χ1) is 11.9. The number of sulfonamides is 1. The maximum atomic E-state index is 13.2. The van der Waals surface area contributed by atoms with E-state index in [1.807, 2.05) is 12.1 Å². The average Bonchev–Trinajstić information content (AvgIpc) is 2.97. The van der Waals surface area contributed by atoms with E-state index < -0.39 is 21.7 Å². The Bertz CT molecular complexity index is 1000. The van der Waals surface area contributed by atoms with E-state index in [2.05, 4.69) is 14.8 Å². The molecule has 3 rings (SSSR count). The number of pyridine rings is 1. The van der Waals surface area contributed by atoms with Gasteiger partial charge in [0.2, 0.25) is 10.0 Å². The second-order valence-electron chi connectivity index (χ2n) is 5.26. The molecule has 0 fully saturated rings. The lowest BCUT2D eigenvalue weighted by atomic mass is 10.2. The molecule has 6 nitrogen and oxygen atoms in total. The number of rotatable bonds is 5. The van der Waals surface area contributed by atoms with E-state index in [1.165, 1.54) is 0 Å². The predicted octanol–water partition coefficient (Wildman–Crippen LogP) is 2.24. The van der Waals surface area contributed by atoms with Gasteiger partial charge in [-0.1, -0.05) is 6.07 Å². The van der Waals surface area contributed by atoms with Gasteiger partial charge in [0, 0.05) is 13.2 Å². The van der Waals surface area contributed by atoms with Crippen LogP contribution < -0.4 is 4.72 Å². The van der Waals surface area contributed by atoms with E-state index >= 15 is 0 Å². The minimum atomic E-state index is -3.99. The highest BCUT2D eigenvalue weighted by molar-refractivity contribution is 7.89. The molecule has 0 amide bonds. The Labute approximate surface area is 143 Å². The fourth-order valence-electron chi connectivity index (χ4n) is 2.26. The molecule has 0 bridgehead atoms. The average molecular weight is 364 g/mol. The van der Waals surface area contributed by atoms with Crippen molar-refractivity contribution in [3.63, 3.8) is 0 Å². The zero-order valence-electron chi connectivity index (χ0n) is 13.1. The summed E-state index contributed by atoms with van der Waals surface area (Å²) in [4.78, 5) is 3.87.